The summed E-state index contributed by atoms with van der Waals surface area (Å²) in [5.41, 5.74) is 2.49. The molecular weight excluding hydrogens is 408 g/mol. The Kier molecular flexibility index (Phi) is 8.17. The number of esters is 1. The Morgan fingerprint density at radius 2 is 1.79 bits per heavy atom. The number of ketones is 1. The monoisotopic (exact) mass is 434 g/mol. The number of Topliss-reactive ketones (excluding diaryl/α,β-unsaturated/α-hetero) is 1. The second-order valence-electron chi connectivity index (χ2n) is 7.22. The number of thioether (sulfide) groups is 1. The van der Waals surface area contributed by atoms with Crippen LogP contribution in [0, 0.1) is 6.92 Å². The lowest BCUT2D eigenvalue weighted by Gasteiger charge is -2.28. The molecule has 0 aliphatic carbocycles. The van der Waals surface area contributed by atoms with Crippen molar-refractivity contribution in [1.29, 1.82) is 0 Å². The van der Waals surface area contributed by atoms with Crippen molar-refractivity contribution < 1.29 is 19.1 Å². The Morgan fingerprint density at radius 1 is 1.14 bits per heavy atom. The number of ether oxygens (including phenoxy) is 2. The third-order valence-electron chi connectivity index (χ3n) is 4.60. The smallest absolute Gasteiger partial charge is 0.321 e. The average Bonchev–Trinajstić information content (AvgIpc) is 2.69. The lowest BCUT2D eigenvalue weighted by molar-refractivity contribution is -0.148. The van der Waals surface area contributed by atoms with Gasteiger partial charge in [0.1, 0.15) is 11.7 Å². The summed E-state index contributed by atoms with van der Waals surface area (Å²) in [6.07, 6.45) is 0. The van der Waals surface area contributed by atoms with Crippen LogP contribution in [-0.2, 0) is 20.1 Å². The van der Waals surface area contributed by atoms with Crippen LogP contribution < -0.4 is 4.74 Å². The van der Waals surface area contributed by atoms with Gasteiger partial charge in [0, 0.05) is 10.8 Å². The zero-order valence-corrected chi connectivity index (χ0v) is 19.0. The number of aryl methyl sites for hydroxylation is 1. The molecule has 0 aliphatic rings. The van der Waals surface area contributed by atoms with E-state index in [2.05, 4.69) is 0 Å². The van der Waals surface area contributed by atoms with Crippen molar-refractivity contribution in [3.05, 3.63) is 64.2 Å². The zero-order chi connectivity index (χ0) is 21.6. The van der Waals surface area contributed by atoms with Crippen LogP contribution in [-0.4, -0.2) is 30.2 Å². The van der Waals surface area contributed by atoms with Gasteiger partial charge in [0.15, 0.2) is 5.78 Å². The fraction of sp³-hybridized carbons (Fsp3) is 0.391. The first kappa shape index (κ1) is 23.3. The molecule has 1 atom stereocenters. The molecule has 0 N–H and O–H groups in total. The molecule has 2 aromatic rings. The molecule has 1 unspecified atom stereocenters. The molecule has 29 heavy (non-hydrogen) atoms. The lowest BCUT2D eigenvalue weighted by atomic mass is 9.87. The number of halogens is 1. The van der Waals surface area contributed by atoms with Crippen LogP contribution in [0.3, 0.4) is 0 Å². The summed E-state index contributed by atoms with van der Waals surface area (Å²) < 4.78 is 9.58. The summed E-state index contributed by atoms with van der Waals surface area (Å²) >= 11 is 7.83. The first-order valence-electron chi connectivity index (χ1n) is 9.43. The highest BCUT2D eigenvalue weighted by Gasteiger charge is 2.41. The molecule has 0 bridgehead atoms. The Hall–Kier alpha value is -1.98. The maximum absolute atomic E-state index is 13.5. The van der Waals surface area contributed by atoms with Gasteiger partial charge in [-0.1, -0.05) is 41.4 Å². The summed E-state index contributed by atoms with van der Waals surface area (Å²) in [6, 6.07) is 13.0. The molecular formula is C23H27ClO4S. The van der Waals surface area contributed by atoms with Crippen LogP contribution in [0.4, 0.5) is 0 Å². The highest BCUT2D eigenvalue weighted by Crippen LogP contribution is 2.37. The van der Waals surface area contributed by atoms with E-state index in [1.54, 1.807) is 26.2 Å². The first-order chi connectivity index (χ1) is 13.7. The van der Waals surface area contributed by atoms with Gasteiger partial charge in [-0.25, -0.2) is 0 Å². The molecule has 4 nitrogen and oxygen atoms in total. The van der Waals surface area contributed by atoms with Crippen molar-refractivity contribution in [2.24, 2.45) is 0 Å². The summed E-state index contributed by atoms with van der Waals surface area (Å²) in [5, 5.41) is 0.387. The Balaban J connectivity index is 2.27. The van der Waals surface area contributed by atoms with E-state index in [9.17, 15) is 9.59 Å². The van der Waals surface area contributed by atoms with Gasteiger partial charge in [0.25, 0.3) is 0 Å². The zero-order valence-electron chi connectivity index (χ0n) is 17.5. The summed E-state index contributed by atoms with van der Waals surface area (Å²) in [6.45, 7) is 7.49. The molecule has 2 rings (SSSR count). The highest BCUT2D eigenvalue weighted by molar-refractivity contribution is 8.00. The predicted octanol–water partition coefficient (Wildman–Crippen LogP) is 5.58. The van der Waals surface area contributed by atoms with Crippen LogP contribution in [0.1, 0.15) is 43.4 Å². The molecule has 6 heteroatoms. The minimum Gasteiger partial charge on any atom is -0.497 e. The Morgan fingerprint density at radius 3 is 2.38 bits per heavy atom. The molecule has 156 valence electrons. The van der Waals surface area contributed by atoms with Crippen LogP contribution >= 0.6 is 23.4 Å². The molecule has 0 fully saturated rings. The van der Waals surface area contributed by atoms with Gasteiger partial charge in [0.2, 0.25) is 0 Å². The molecule has 0 amide bonds. The van der Waals surface area contributed by atoms with Crippen LogP contribution in [0.15, 0.2) is 42.5 Å². The van der Waals surface area contributed by atoms with E-state index < -0.39 is 16.6 Å². The van der Waals surface area contributed by atoms with E-state index in [1.165, 1.54) is 11.8 Å². The molecule has 2 aromatic carbocycles. The largest absolute Gasteiger partial charge is 0.497 e. The number of benzene rings is 2. The quantitative estimate of drug-likeness (QED) is 0.380. The summed E-state index contributed by atoms with van der Waals surface area (Å²) in [4.78, 5) is 26.2. The van der Waals surface area contributed by atoms with Gasteiger partial charge in [0.05, 0.1) is 18.5 Å². The SMILES string of the molecule is CCOC(=O)C(C(=O)C(C)(C)SCc1ccc(OC)cc1)c1cc(C)ccc1Cl. The number of rotatable bonds is 9. The van der Waals surface area contributed by atoms with E-state index in [1.807, 2.05) is 51.1 Å². The van der Waals surface area contributed by atoms with Crippen LogP contribution in [0.5, 0.6) is 5.75 Å². The molecule has 0 aromatic heterocycles. The predicted molar refractivity (Wildman–Crippen MR) is 119 cm³/mol. The van der Waals surface area contributed by atoms with Gasteiger partial charge in [-0.2, -0.15) is 0 Å². The van der Waals surface area contributed by atoms with Gasteiger partial charge < -0.3 is 9.47 Å². The number of hydrogen-bond acceptors (Lipinski definition) is 5. The molecule has 0 saturated carbocycles. The molecule has 0 saturated heterocycles. The van der Waals surface area contributed by atoms with Crippen molar-refractivity contribution >= 4 is 35.1 Å². The Labute approximate surface area is 181 Å². The molecule has 0 heterocycles. The van der Waals surface area contributed by atoms with E-state index in [0.29, 0.717) is 16.3 Å². The molecule has 0 radical (unpaired) electrons. The second-order valence-corrected chi connectivity index (χ2v) is 9.23. The van der Waals surface area contributed by atoms with E-state index in [0.717, 1.165) is 16.9 Å². The van der Waals surface area contributed by atoms with Gasteiger partial charge in [-0.15, -0.1) is 11.8 Å². The number of methoxy groups -OCH3 is 1. The van der Waals surface area contributed by atoms with Crippen LogP contribution in [0.25, 0.3) is 0 Å². The minimum atomic E-state index is -1.05. The second kappa shape index (κ2) is 10.2. The topological polar surface area (TPSA) is 52.6 Å². The van der Waals surface area contributed by atoms with Crippen molar-refractivity contribution in [3.8, 4) is 5.75 Å². The van der Waals surface area contributed by atoms with Crippen molar-refractivity contribution in [2.75, 3.05) is 13.7 Å². The minimum absolute atomic E-state index is 0.200. The van der Waals surface area contributed by atoms with Crippen molar-refractivity contribution in [3.63, 3.8) is 0 Å². The normalized spacial score (nSPS) is 12.3. The van der Waals surface area contributed by atoms with Gasteiger partial charge in [-0.3, -0.25) is 9.59 Å². The first-order valence-corrected chi connectivity index (χ1v) is 10.8. The number of carbonyl (C=O) groups is 2. The van der Waals surface area contributed by atoms with Crippen molar-refractivity contribution in [1.82, 2.24) is 0 Å². The number of carbonyl (C=O) groups excluding carboxylic acids is 2. The fourth-order valence-corrected chi connectivity index (χ4v) is 4.10. The maximum atomic E-state index is 13.5. The van der Waals surface area contributed by atoms with Crippen LogP contribution in [0.2, 0.25) is 5.02 Å². The van der Waals surface area contributed by atoms with Gasteiger partial charge >= 0.3 is 5.97 Å². The molecule has 0 spiro atoms. The van der Waals surface area contributed by atoms with E-state index >= 15 is 0 Å². The standard InChI is InChI=1S/C23H27ClO4S/c1-6-28-22(26)20(18-13-15(2)7-12-19(18)24)21(25)23(3,4)29-14-16-8-10-17(27-5)11-9-16/h7-13,20H,6,14H2,1-5H3. The third kappa shape index (κ3) is 6.00. The van der Waals surface area contributed by atoms with Crippen molar-refractivity contribution in [2.45, 2.75) is 44.1 Å². The third-order valence-corrected chi connectivity index (χ3v) is 6.34. The number of hydrogen-bond donors (Lipinski definition) is 0. The maximum Gasteiger partial charge on any atom is 0.321 e. The summed E-state index contributed by atoms with van der Waals surface area (Å²) in [5.74, 6) is -0.434. The van der Waals surface area contributed by atoms with Gasteiger partial charge in [-0.05, 0) is 57.0 Å². The average molecular weight is 435 g/mol. The molecule has 0 aliphatic heterocycles. The highest BCUT2D eigenvalue weighted by atomic mass is 35.5. The van der Waals surface area contributed by atoms with E-state index in [-0.39, 0.29) is 12.4 Å². The Bertz CT molecular complexity index is 862. The fourth-order valence-electron chi connectivity index (χ4n) is 2.89. The van der Waals surface area contributed by atoms with E-state index in [4.69, 9.17) is 21.1 Å². The lowest BCUT2D eigenvalue weighted by Crippen LogP contribution is -2.37. The summed E-state index contributed by atoms with van der Waals surface area (Å²) in [7, 11) is 1.62.